The number of benzene rings is 1. The van der Waals surface area contributed by atoms with Crippen LogP contribution in [0.3, 0.4) is 0 Å². The molecule has 0 aliphatic carbocycles. The van der Waals surface area contributed by atoms with Crippen LogP contribution in [0.5, 0.6) is 5.75 Å². The fourth-order valence-electron chi connectivity index (χ4n) is 4.22. The largest absolute Gasteiger partial charge is 0.489 e. The van der Waals surface area contributed by atoms with Crippen LogP contribution in [0.25, 0.3) is 0 Å². The highest BCUT2D eigenvalue weighted by Gasteiger charge is 2.31. The molecule has 1 fully saturated rings. The number of pyridine rings is 1. The molecule has 3 atom stereocenters. The molecule has 0 spiro atoms. The summed E-state index contributed by atoms with van der Waals surface area (Å²) in [7, 11) is 0.631. The predicted octanol–water partition coefficient (Wildman–Crippen LogP) is 3.83. The standard InChI is InChI=1S/C25H35N5O3S2/c1-6-7-23-18(3)27-17(2)12-19(23)16-33-21-8-10-22(11-9-21)35(32)29-24-15-30(4)14-20(24)13-26-28-25(31)34-5/h8-13,20,24,29H,6-7,14-16H2,1-5H3,(H,28,31)/b26-13+/t20-,24+,35?/m0/s1. The number of nitrogens with one attached hydrogen (secondary N) is 2. The van der Waals surface area contributed by atoms with E-state index in [4.69, 9.17) is 4.74 Å². The van der Waals surface area contributed by atoms with Gasteiger partial charge in [-0.15, -0.1) is 0 Å². The molecule has 190 valence electrons. The number of hydrogen-bond donors (Lipinski definition) is 2. The molecule has 0 saturated carbocycles. The number of carbonyl (C=O) groups excluding carboxylic acids is 1. The first-order chi connectivity index (χ1) is 16.8. The molecule has 8 nitrogen and oxygen atoms in total. The van der Waals surface area contributed by atoms with E-state index in [1.807, 2.05) is 38.2 Å². The van der Waals surface area contributed by atoms with Gasteiger partial charge in [-0.2, -0.15) is 5.10 Å². The second-order valence-corrected chi connectivity index (χ2v) is 10.8. The van der Waals surface area contributed by atoms with E-state index in [9.17, 15) is 9.00 Å². The van der Waals surface area contributed by atoms with Crippen molar-refractivity contribution in [1.29, 1.82) is 0 Å². The monoisotopic (exact) mass is 517 g/mol. The van der Waals surface area contributed by atoms with Gasteiger partial charge in [0.05, 0.1) is 4.90 Å². The molecule has 2 heterocycles. The number of likely N-dealkylation sites (N-methyl/N-ethyl adjacent to an activating group) is 1. The lowest BCUT2D eigenvalue weighted by Crippen LogP contribution is -2.38. The van der Waals surface area contributed by atoms with Crippen LogP contribution in [0, 0.1) is 19.8 Å². The summed E-state index contributed by atoms with van der Waals surface area (Å²) in [6, 6.07) is 9.42. The highest BCUT2D eigenvalue weighted by Crippen LogP contribution is 2.21. The van der Waals surface area contributed by atoms with Gasteiger partial charge in [-0.25, -0.2) is 14.4 Å². The van der Waals surface area contributed by atoms with Crippen molar-refractivity contribution in [3.63, 3.8) is 0 Å². The third-order valence-electron chi connectivity index (χ3n) is 5.90. The van der Waals surface area contributed by atoms with Gasteiger partial charge < -0.3 is 9.64 Å². The lowest BCUT2D eigenvalue weighted by Gasteiger charge is -2.16. The van der Waals surface area contributed by atoms with E-state index in [2.05, 4.69) is 45.0 Å². The zero-order chi connectivity index (χ0) is 25.4. The van der Waals surface area contributed by atoms with Crippen molar-refractivity contribution < 1.29 is 13.7 Å². The number of hydrazone groups is 1. The summed E-state index contributed by atoms with van der Waals surface area (Å²) >= 11 is 1.07. The van der Waals surface area contributed by atoms with E-state index in [0.717, 1.165) is 60.4 Å². The van der Waals surface area contributed by atoms with E-state index in [-0.39, 0.29) is 17.2 Å². The molecule has 10 heteroatoms. The molecule has 1 saturated heterocycles. The van der Waals surface area contributed by atoms with Crippen molar-refractivity contribution in [1.82, 2.24) is 20.0 Å². The van der Waals surface area contributed by atoms with Gasteiger partial charge in [-0.1, -0.05) is 25.1 Å². The number of carbonyl (C=O) groups is 1. The molecule has 1 aromatic heterocycles. The average molecular weight is 518 g/mol. The maximum Gasteiger partial charge on any atom is 0.298 e. The number of hydrogen-bond acceptors (Lipinski definition) is 7. The third kappa shape index (κ3) is 7.86. The molecule has 35 heavy (non-hydrogen) atoms. The Hall–Kier alpha value is -2.27. The topological polar surface area (TPSA) is 95.9 Å². The van der Waals surface area contributed by atoms with E-state index in [0.29, 0.717) is 11.5 Å². The Morgan fingerprint density at radius 3 is 2.74 bits per heavy atom. The summed E-state index contributed by atoms with van der Waals surface area (Å²) in [5.41, 5.74) is 6.96. The first-order valence-corrected chi connectivity index (χ1v) is 14.1. The zero-order valence-electron chi connectivity index (χ0n) is 21.0. The van der Waals surface area contributed by atoms with Crippen LogP contribution >= 0.6 is 11.8 Å². The molecule has 1 amide bonds. The van der Waals surface area contributed by atoms with Crippen molar-refractivity contribution in [2.24, 2.45) is 11.0 Å². The molecule has 1 aliphatic rings. The van der Waals surface area contributed by atoms with Gasteiger partial charge in [0.1, 0.15) is 23.3 Å². The number of aryl methyl sites for hydroxylation is 2. The highest BCUT2D eigenvalue weighted by molar-refractivity contribution is 8.12. The van der Waals surface area contributed by atoms with Crippen molar-refractivity contribution in [2.75, 3.05) is 26.4 Å². The lowest BCUT2D eigenvalue weighted by molar-refractivity contribution is 0.261. The summed E-state index contributed by atoms with van der Waals surface area (Å²) in [5.74, 6) is 0.772. The highest BCUT2D eigenvalue weighted by atomic mass is 32.2. The normalized spacial score (nSPS) is 19.2. The van der Waals surface area contributed by atoms with Gasteiger partial charge in [0, 0.05) is 42.7 Å². The molecule has 2 aromatic rings. The fourth-order valence-corrected chi connectivity index (χ4v) is 5.41. The van der Waals surface area contributed by atoms with Gasteiger partial charge in [-0.3, -0.25) is 9.78 Å². The molecular weight excluding hydrogens is 482 g/mol. The van der Waals surface area contributed by atoms with Gasteiger partial charge >= 0.3 is 0 Å². The van der Waals surface area contributed by atoms with Crippen molar-refractivity contribution >= 4 is 34.2 Å². The summed E-state index contributed by atoms with van der Waals surface area (Å²) in [6.07, 6.45) is 5.46. The molecule has 1 unspecified atom stereocenters. The van der Waals surface area contributed by atoms with Crippen molar-refractivity contribution in [2.45, 2.75) is 51.2 Å². The van der Waals surface area contributed by atoms with Crippen LogP contribution in [0.15, 0.2) is 40.3 Å². The van der Waals surface area contributed by atoms with E-state index in [1.165, 1.54) is 5.56 Å². The van der Waals surface area contributed by atoms with Gasteiger partial charge in [0.25, 0.3) is 5.24 Å². The zero-order valence-corrected chi connectivity index (χ0v) is 22.7. The molecule has 1 aromatic carbocycles. The van der Waals surface area contributed by atoms with Crippen LogP contribution in [-0.2, 0) is 24.0 Å². The Labute approximate surface area is 214 Å². The Morgan fingerprint density at radius 1 is 1.31 bits per heavy atom. The maximum absolute atomic E-state index is 13.0. The fraction of sp³-hybridized carbons (Fsp3) is 0.480. The number of ether oxygens (including phenoxy) is 1. The SMILES string of the molecule is CCCc1c(COc2ccc(S(=O)N[C@@H]3CN(C)C[C@@H]3/C=N/NC(=O)SC)cc2)cc(C)nc1C. The molecular formula is C25H35N5O3S2. The van der Waals surface area contributed by atoms with Crippen LogP contribution in [0.1, 0.15) is 35.9 Å². The minimum Gasteiger partial charge on any atom is -0.489 e. The molecule has 0 bridgehead atoms. The number of aromatic nitrogens is 1. The Balaban J connectivity index is 1.59. The van der Waals surface area contributed by atoms with Gasteiger partial charge in [-0.05, 0) is 75.0 Å². The second kappa shape index (κ2) is 13.2. The predicted molar refractivity (Wildman–Crippen MR) is 143 cm³/mol. The smallest absolute Gasteiger partial charge is 0.298 e. The number of amides is 1. The van der Waals surface area contributed by atoms with E-state index < -0.39 is 11.0 Å². The number of nitrogens with zero attached hydrogens (tertiary/aromatic N) is 3. The first kappa shape index (κ1) is 27.3. The summed E-state index contributed by atoms with van der Waals surface area (Å²) in [5, 5.41) is 3.83. The first-order valence-electron chi connectivity index (χ1n) is 11.7. The molecule has 3 rings (SSSR count). The minimum atomic E-state index is -1.38. The Morgan fingerprint density at radius 2 is 2.06 bits per heavy atom. The third-order valence-corrected chi connectivity index (χ3v) is 7.58. The van der Waals surface area contributed by atoms with Crippen LogP contribution < -0.4 is 14.9 Å². The molecule has 0 radical (unpaired) electrons. The van der Waals surface area contributed by atoms with Crippen LogP contribution in [0.4, 0.5) is 4.79 Å². The summed E-state index contributed by atoms with van der Waals surface area (Å²) in [6.45, 7) is 8.21. The average Bonchev–Trinajstić information content (AvgIpc) is 3.18. The number of thioether (sulfide) groups is 1. The van der Waals surface area contributed by atoms with Gasteiger partial charge in [0.2, 0.25) is 0 Å². The Kier molecular flexibility index (Phi) is 10.3. The maximum atomic E-state index is 13.0. The minimum absolute atomic E-state index is 0.0400. The summed E-state index contributed by atoms with van der Waals surface area (Å²) < 4.78 is 22.2. The summed E-state index contributed by atoms with van der Waals surface area (Å²) in [4.78, 5) is 18.8. The molecule has 2 N–H and O–H groups in total. The molecule has 1 aliphatic heterocycles. The number of rotatable bonds is 10. The van der Waals surface area contributed by atoms with E-state index >= 15 is 0 Å². The van der Waals surface area contributed by atoms with E-state index in [1.54, 1.807) is 12.5 Å². The van der Waals surface area contributed by atoms with Crippen molar-refractivity contribution in [3.05, 3.63) is 52.8 Å². The van der Waals surface area contributed by atoms with Crippen LogP contribution in [-0.4, -0.2) is 58.0 Å². The Bertz CT molecular complexity index is 1060. The second-order valence-electron chi connectivity index (χ2n) is 8.76. The van der Waals surface area contributed by atoms with Gasteiger partial charge in [0.15, 0.2) is 0 Å². The number of likely N-dealkylation sites (tertiary alicyclic amines) is 1. The van der Waals surface area contributed by atoms with Crippen LogP contribution in [0.2, 0.25) is 0 Å². The quantitative estimate of drug-likeness (QED) is 0.367. The lowest BCUT2D eigenvalue weighted by atomic mass is 10.0. The van der Waals surface area contributed by atoms with Crippen molar-refractivity contribution in [3.8, 4) is 5.75 Å².